The van der Waals surface area contributed by atoms with Gasteiger partial charge in [0.05, 0.1) is 19.2 Å². The van der Waals surface area contributed by atoms with E-state index in [2.05, 4.69) is 16.6 Å². The van der Waals surface area contributed by atoms with Gasteiger partial charge < -0.3 is 9.47 Å². The van der Waals surface area contributed by atoms with Crippen molar-refractivity contribution in [3.05, 3.63) is 93.5 Å². The summed E-state index contributed by atoms with van der Waals surface area (Å²) in [5, 5.41) is 4.74. The molecule has 0 heterocycles. The van der Waals surface area contributed by atoms with Gasteiger partial charge in [0.2, 0.25) is 5.91 Å². The number of nitrogens with zero attached hydrogens (tertiary/aromatic N) is 1. The van der Waals surface area contributed by atoms with E-state index < -0.39 is 0 Å². The fraction of sp³-hybridized carbons (Fsp3) is 0.231. The van der Waals surface area contributed by atoms with Crippen LogP contribution in [-0.4, -0.2) is 18.7 Å². The van der Waals surface area contributed by atoms with Crippen LogP contribution in [0.2, 0.25) is 5.02 Å². The molecular weight excluding hydrogens is 424 g/mol. The zero-order chi connectivity index (χ0) is 22.9. The van der Waals surface area contributed by atoms with E-state index in [0.29, 0.717) is 29.7 Å². The summed E-state index contributed by atoms with van der Waals surface area (Å²) < 4.78 is 11.6. The lowest BCUT2D eigenvalue weighted by Crippen LogP contribution is -2.20. The van der Waals surface area contributed by atoms with E-state index in [1.807, 2.05) is 75.4 Å². The van der Waals surface area contributed by atoms with Crippen LogP contribution < -0.4 is 14.9 Å². The summed E-state index contributed by atoms with van der Waals surface area (Å²) in [6.07, 6.45) is 1.86. The molecule has 0 aromatic heterocycles. The second-order valence-corrected chi connectivity index (χ2v) is 7.83. The van der Waals surface area contributed by atoms with E-state index in [0.717, 1.165) is 22.3 Å². The molecule has 0 fully saturated rings. The molecule has 3 aromatic carbocycles. The molecule has 0 bridgehead atoms. The molecule has 1 N–H and O–H groups in total. The van der Waals surface area contributed by atoms with Crippen LogP contribution in [0.15, 0.2) is 65.8 Å². The molecule has 32 heavy (non-hydrogen) atoms. The predicted molar refractivity (Wildman–Crippen MR) is 129 cm³/mol. The minimum Gasteiger partial charge on any atom is -0.490 e. The third kappa shape index (κ3) is 6.59. The molecule has 0 aliphatic carbocycles. The van der Waals surface area contributed by atoms with Crippen molar-refractivity contribution in [1.82, 2.24) is 5.43 Å². The SMILES string of the molecule is CCOc1cc(/C=N/NC(=O)Cc2ccc(C)cc2C)ccc1OCc1ccccc1Cl. The normalized spacial score (nSPS) is 10.9. The molecule has 166 valence electrons. The summed E-state index contributed by atoms with van der Waals surface area (Å²) >= 11 is 6.20. The Balaban J connectivity index is 1.62. The number of amides is 1. The number of hydrogen-bond acceptors (Lipinski definition) is 4. The molecule has 0 aliphatic rings. The fourth-order valence-corrected chi connectivity index (χ4v) is 3.39. The highest BCUT2D eigenvalue weighted by molar-refractivity contribution is 6.31. The quantitative estimate of drug-likeness (QED) is 0.339. The summed E-state index contributed by atoms with van der Waals surface area (Å²) in [7, 11) is 0. The van der Waals surface area contributed by atoms with Crippen molar-refractivity contribution in [2.24, 2.45) is 5.10 Å². The first kappa shape index (κ1) is 23.4. The minimum absolute atomic E-state index is 0.169. The van der Waals surface area contributed by atoms with E-state index in [1.165, 1.54) is 5.56 Å². The van der Waals surface area contributed by atoms with Crippen LogP contribution in [0.1, 0.15) is 34.7 Å². The van der Waals surface area contributed by atoms with Crippen LogP contribution in [0.3, 0.4) is 0 Å². The molecule has 0 radical (unpaired) electrons. The van der Waals surface area contributed by atoms with Gasteiger partial charge in [-0.05, 0) is 61.7 Å². The molecule has 0 spiro atoms. The highest BCUT2D eigenvalue weighted by Gasteiger charge is 2.09. The maximum atomic E-state index is 12.2. The Bertz CT molecular complexity index is 1110. The van der Waals surface area contributed by atoms with Crippen molar-refractivity contribution in [2.45, 2.75) is 33.8 Å². The molecule has 0 aliphatic heterocycles. The maximum Gasteiger partial charge on any atom is 0.244 e. The van der Waals surface area contributed by atoms with Gasteiger partial charge in [0, 0.05) is 10.6 Å². The Morgan fingerprint density at radius 2 is 1.81 bits per heavy atom. The fourth-order valence-electron chi connectivity index (χ4n) is 3.20. The van der Waals surface area contributed by atoms with Gasteiger partial charge in [-0.25, -0.2) is 5.43 Å². The van der Waals surface area contributed by atoms with Crippen LogP contribution in [0.25, 0.3) is 0 Å². The number of carbonyl (C=O) groups is 1. The zero-order valence-electron chi connectivity index (χ0n) is 18.5. The molecule has 0 saturated heterocycles. The Labute approximate surface area is 194 Å². The van der Waals surface area contributed by atoms with Gasteiger partial charge in [-0.15, -0.1) is 0 Å². The second-order valence-electron chi connectivity index (χ2n) is 7.42. The van der Waals surface area contributed by atoms with Crippen molar-refractivity contribution in [3.8, 4) is 11.5 Å². The Hall–Kier alpha value is -3.31. The monoisotopic (exact) mass is 450 g/mol. The number of ether oxygens (including phenoxy) is 2. The average Bonchev–Trinajstić information content (AvgIpc) is 2.76. The largest absolute Gasteiger partial charge is 0.490 e. The van der Waals surface area contributed by atoms with E-state index in [-0.39, 0.29) is 12.3 Å². The summed E-state index contributed by atoms with van der Waals surface area (Å²) in [6, 6.07) is 19.1. The number of benzene rings is 3. The topological polar surface area (TPSA) is 59.9 Å². The van der Waals surface area contributed by atoms with Crippen LogP contribution in [0.5, 0.6) is 11.5 Å². The molecule has 0 atom stereocenters. The Morgan fingerprint density at radius 1 is 1.00 bits per heavy atom. The van der Waals surface area contributed by atoms with Gasteiger partial charge in [-0.1, -0.05) is 53.6 Å². The second kappa shape index (κ2) is 11.3. The van der Waals surface area contributed by atoms with Gasteiger partial charge >= 0.3 is 0 Å². The third-order valence-electron chi connectivity index (χ3n) is 4.86. The standard InChI is InChI=1S/C26H27ClN2O3/c1-4-31-25-14-20(10-12-24(25)32-17-22-7-5-6-8-23(22)27)16-28-29-26(30)15-21-11-9-18(2)13-19(21)3/h5-14,16H,4,15,17H2,1-3H3,(H,29,30)/b28-16+. The molecule has 0 unspecified atom stereocenters. The molecule has 3 aromatic rings. The van der Waals surface area contributed by atoms with Gasteiger partial charge in [0.1, 0.15) is 6.61 Å². The third-order valence-corrected chi connectivity index (χ3v) is 5.23. The maximum absolute atomic E-state index is 12.2. The summed E-state index contributed by atoms with van der Waals surface area (Å²) in [5.74, 6) is 1.05. The van der Waals surface area contributed by atoms with E-state index in [4.69, 9.17) is 21.1 Å². The molecule has 6 heteroatoms. The number of hydrazone groups is 1. The van der Waals surface area contributed by atoms with Gasteiger partial charge in [0.15, 0.2) is 11.5 Å². The van der Waals surface area contributed by atoms with E-state index in [9.17, 15) is 4.79 Å². The van der Waals surface area contributed by atoms with Crippen LogP contribution in [-0.2, 0) is 17.8 Å². The molecule has 3 rings (SSSR count). The Kier molecular flexibility index (Phi) is 8.28. The molecule has 0 saturated carbocycles. The summed E-state index contributed by atoms with van der Waals surface area (Å²) in [4.78, 5) is 12.2. The number of nitrogens with one attached hydrogen (secondary N) is 1. The smallest absolute Gasteiger partial charge is 0.244 e. The van der Waals surface area contributed by atoms with Crippen LogP contribution in [0.4, 0.5) is 0 Å². The van der Waals surface area contributed by atoms with Gasteiger partial charge in [-0.2, -0.15) is 5.10 Å². The minimum atomic E-state index is -0.169. The van der Waals surface area contributed by atoms with Crippen molar-refractivity contribution < 1.29 is 14.3 Å². The molecular formula is C26H27ClN2O3. The van der Waals surface area contributed by atoms with E-state index in [1.54, 1.807) is 6.21 Å². The number of hydrogen-bond donors (Lipinski definition) is 1. The highest BCUT2D eigenvalue weighted by atomic mass is 35.5. The van der Waals surface area contributed by atoms with E-state index >= 15 is 0 Å². The van der Waals surface area contributed by atoms with Crippen molar-refractivity contribution in [2.75, 3.05) is 6.61 Å². The van der Waals surface area contributed by atoms with Crippen LogP contribution in [0, 0.1) is 13.8 Å². The van der Waals surface area contributed by atoms with Crippen molar-refractivity contribution >= 4 is 23.7 Å². The zero-order valence-corrected chi connectivity index (χ0v) is 19.3. The van der Waals surface area contributed by atoms with Gasteiger partial charge in [0.25, 0.3) is 0 Å². The lowest BCUT2D eigenvalue weighted by Gasteiger charge is -2.13. The first-order valence-corrected chi connectivity index (χ1v) is 10.8. The summed E-state index contributed by atoms with van der Waals surface area (Å²) in [5.41, 5.74) is 7.52. The highest BCUT2D eigenvalue weighted by Crippen LogP contribution is 2.29. The summed E-state index contributed by atoms with van der Waals surface area (Å²) in [6.45, 7) is 6.78. The first-order chi connectivity index (χ1) is 15.5. The predicted octanol–water partition coefficient (Wildman–Crippen LogP) is 5.63. The van der Waals surface area contributed by atoms with Gasteiger partial charge in [-0.3, -0.25) is 4.79 Å². The molecule has 5 nitrogen and oxygen atoms in total. The Morgan fingerprint density at radius 3 is 2.56 bits per heavy atom. The number of rotatable bonds is 9. The lowest BCUT2D eigenvalue weighted by molar-refractivity contribution is -0.120. The lowest BCUT2D eigenvalue weighted by atomic mass is 10.0. The first-order valence-electron chi connectivity index (χ1n) is 10.5. The number of aryl methyl sites for hydroxylation is 2. The molecule has 1 amide bonds. The average molecular weight is 451 g/mol. The number of halogens is 1. The van der Waals surface area contributed by atoms with Crippen molar-refractivity contribution in [3.63, 3.8) is 0 Å². The number of carbonyl (C=O) groups excluding carboxylic acids is 1. The van der Waals surface area contributed by atoms with Crippen LogP contribution >= 0.6 is 11.6 Å². The van der Waals surface area contributed by atoms with Crippen molar-refractivity contribution in [1.29, 1.82) is 0 Å².